The molecule has 1 aromatic heterocycles. The van der Waals surface area contributed by atoms with Crippen LogP contribution in [0.4, 0.5) is 10.2 Å². The number of aliphatic carboxylic acids is 1. The number of carboxylic acids is 1. The highest BCUT2D eigenvalue weighted by molar-refractivity contribution is 5.99. The summed E-state index contributed by atoms with van der Waals surface area (Å²) in [7, 11) is 0. The topological polar surface area (TPSA) is 91.7 Å². The smallest absolute Gasteiger partial charge is 0.325 e. The highest BCUT2D eigenvalue weighted by Gasteiger charge is 2.27. The van der Waals surface area contributed by atoms with Crippen LogP contribution in [0.5, 0.6) is 5.75 Å². The first-order chi connectivity index (χ1) is 14.4. The minimum Gasteiger partial charge on any atom is -0.508 e. The van der Waals surface area contributed by atoms with E-state index in [1.165, 1.54) is 12.1 Å². The Bertz CT molecular complexity index is 1080. The molecule has 3 aromatic rings. The summed E-state index contributed by atoms with van der Waals surface area (Å²) in [4.78, 5) is 16.2. The first-order valence-corrected chi connectivity index (χ1v) is 9.93. The number of hydrogen-bond acceptors (Lipinski definition) is 5. The average molecular weight is 410 g/mol. The number of halogens is 1. The second-order valence-corrected chi connectivity index (χ2v) is 7.55. The number of phenolic OH excluding ortho intramolecular Hbond substituents is 1. The molecule has 2 aromatic carbocycles. The van der Waals surface area contributed by atoms with E-state index in [1.54, 1.807) is 37.3 Å². The summed E-state index contributed by atoms with van der Waals surface area (Å²) in [5.74, 6) is -0.687. The molecule has 1 saturated heterocycles. The largest absolute Gasteiger partial charge is 0.508 e. The lowest BCUT2D eigenvalue weighted by Gasteiger charge is -2.28. The van der Waals surface area contributed by atoms with E-state index >= 15 is 0 Å². The number of rotatable bonds is 5. The van der Waals surface area contributed by atoms with Gasteiger partial charge < -0.3 is 20.3 Å². The van der Waals surface area contributed by atoms with Crippen molar-refractivity contribution in [1.82, 2.24) is 4.98 Å². The molecule has 6 nitrogen and oxygen atoms in total. The number of hydrogen-bond donors (Lipinski definition) is 3. The van der Waals surface area contributed by atoms with Gasteiger partial charge in [0.1, 0.15) is 23.4 Å². The molecule has 2 heterocycles. The van der Waals surface area contributed by atoms with Crippen molar-refractivity contribution in [2.24, 2.45) is 0 Å². The van der Waals surface area contributed by atoms with E-state index in [0.29, 0.717) is 24.5 Å². The van der Waals surface area contributed by atoms with E-state index in [1.807, 2.05) is 0 Å². The van der Waals surface area contributed by atoms with Gasteiger partial charge in [-0.15, -0.1) is 0 Å². The third kappa shape index (κ3) is 3.93. The molecule has 0 saturated carbocycles. The molecule has 0 aliphatic carbocycles. The summed E-state index contributed by atoms with van der Waals surface area (Å²) in [6, 6.07) is 10.3. The Kier molecular flexibility index (Phi) is 5.55. The van der Waals surface area contributed by atoms with Crippen molar-refractivity contribution in [3.63, 3.8) is 0 Å². The van der Waals surface area contributed by atoms with Crippen LogP contribution in [-0.2, 0) is 9.53 Å². The maximum absolute atomic E-state index is 13.6. The zero-order chi connectivity index (χ0) is 21.3. The maximum Gasteiger partial charge on any atom is 0.325 e. The predicted molar refractivity (Wildman–Crippen MR) is 112 cm³/mol. The molecule has 0 amide bonds. The quantitative estimate of drug-likeness (QED) is 0.573. The van der Waals surface area contributed by atoms with E-state index in [0.717, 1.165) is 34.9 Å². The fraction of sp³-hybridized carbons (Fsp3) is 0.304. The molecule has 0 unspecified atom stereocenters. The predicted octanol–water partition coefficient (Wildman–Crippen LogP) is 4.53. The molecule has 1 aliphatic rings. The Morgan fingerprint density at radius 2 is 1.90 bits per heavy atom. The van der Waals surface area contributed by atoms with Crippen molar-refractivity contribution >= 4 is 22.7 Å². The molecule has 0 radical (unpaired) electrons. The van der Waals surface area contributed by atoms with Crippen LogP contribution in [0.2, 0.25) is 0 Å². The molecule has 30 heavy (non-hydrogen) atoms. The highest BCUT2D eigenvalue weighted by Crippen LogP contribution is 2.43. The molecule has 4 rings (SSSR count). The minimum atomic E-state index is -0.992. The summed E-state index contributed by atoms with van der Waals surface area (Å²) >= 11 is 0. The number of anilines is 1. The van der Waals surface area contributed by atoms with Crippen LogP contribution >= 0.6 is 0 Å². The van der Waals surface area contributed by atoms with Crippen molar-refractivity contribution in [1.29, 1.82) is 0 Å². The van der Waals surface area contributed by atoms with E-state index in [4.69, 9.17) is 4.74 Å². The number of ether oxygens (including phenoxy) is 1. The summed E-state index contributed by atoms with van der Waals surface area (Å²) in [6.07, 6.45) is 1.55. The Hall–Kier alpha value is -3.19. The molecule has 0 bridgehead atoms. The van der Waals surface area contributed by atoms with E-state index in [9.17, 15) is 19.4 Å². The van der Waals surface area contributed by atoms with Gasteiger partial charge in [-0.2, -0.15) is 0 Å². The third-order valence-corrected chi connectivity index (χ3v) is 5.49. The number of nitrogens with zero attached hydrogens (tertiary/aromatic N) is 1. The van der Waals surface area contributed by atoms with E-state index in [2.05, 4.69) is 10.3 Å². The maximum atomic E-state index is 13.6. The van der Waals surface area contributed by atoms with Crippen LogP contribution in [0.25, 0.3) is 22.0 Å². The molecule has 0 spiro atoms. The Balaban J connectivity index is 2.02. The Morgan fingerprint density at radius 3 is 2.57 bits per heavy atom. The van der Waals surface area contributed by atoms with Gasteiger partial charge in [0.25, 0.3) is 0 Å². The number of pyridine rings is 1. The number of phenols is 1. The van der Waals surface area contributed by atoms with Crippen LogP contribution in [0.3, 0.4) is 0 Å². The number of carboxylic acid groups (broad SMARTS) is 1. The van der Waals surface area contributed by atoms with Gasteiger partial charge in [-0.1, -0.05) is 12.1 Å². The van der Waals surface area contributed by atoms with Gasteiger partial charge in [0.05, 0.1) is 5.52 Å². The zero-order valence-corrected chi connectivity index (χ0v) is 16.6. The van der Waals surface area contributed by atoms with Gasteiger partial charge in [-0.05, 0) is 61.1 Å². The molecule has 1 atom stereocenters. The van der Waals surface area contributed by atoms with Gasteiger partial charge in [0.15, 0.2) is 0 Å². The van der Waals surface area contributed by atoms with Crippen molar-refractivity contribution < 1.29 is 24.1 Å². The highest BCUT2D eigenvalue weighted by atomic mass is 19.1. The van der Waals surface area contributed by atoms with Crippen molar-refractivity contribution in [3.8, 4) is 16.9 Å². The van der Waals surface area contributed by atoms with Crippen LogP contribution in [0.1, 0.15) is 31.2 Å². The van der Waals surface area contributed by atoms with Gasteiger partial charge in [0, 0.05) is 30.2 Å². The lowest BCUT2D eigenvalue weighted by molar-refractivity contribution is -0.137. The normalized spacial score (nSPS) is 15.8. The van der Waals surface area contributed by atoms with Gasteiger partial charge >= 0.3 is 5.97 Å². The fourth-order valence-electron chi connectivity index (χ4n) is 3.96. The summed E-state index contributed by atoms with van der Waals surface area (Å²) in [5, 5.41) is 23.3. The van der Waals surface area contributed by atoms with Crippen LogP contribution < -0.4 is 5.32 Å². The third-order valence-electron chi connectivity index (χ3n) is 5.49. The zero-order valence-electron chi connectivity index (χ0n) is 16.6. The van der Waals surface area contributed by atoms with Crippen molar-refractivity contribution in [3.05, 3.63) is 53.8 Å². The monoisotopic (exact) mass is 410 g/mol. The van der Waals surface area contributed by atoms with E-state index in [-0.39, 0.29) is 17.5 Å². The van der Waals surface area contributed by atoms with Crippen molar-refractivity contribution in [2.75, 3.05) is 18.5 Å². The lowest BCUT2D eigenvalue weighted by atomic mass is 9.84. The SMILES string of the molecule is C[C@@H](Nc1nc2cc(O)ccc2c(-c2ccc(F)cc2)c1C1CCOCC1)C(=O)O. The first-order valence-electron chi connectivity index (χ1n) is 9.93. The molecule has 1 aliphatic heterocycles. The summed E-state index contributed by atoms with van der Waals surface area (Å²) in [6.45, 7) is 2.77. The van der Waals surface area contributed by atoms with Crippen LogP contribution in [-0.4, -0.2) is 40.4 Å². The fourth-order valence-corrected chi connectivity index (χ4v) is 3.96. The Labute approximate surface area is 173 Å². The molecular formula is C23H23FN2O4. The van der Waals surface area contributed by atoms with Gasteiger partial charge in [-0.3, -0.25) is 4.79 Å². The number of fused-ring (bicyclic) bond motifs is 1. The van der Waals surface area contributed by atoms with Crippen LogP contribution in [0.15, 0.2) is 42.5 Å². The second-order valence-electron chi connectivity index (χ2n) is 7.55. The van der Waals surface area contributed by atoms with Gasteiger partial charge in [-0.25, -0.2) is 9.37 Å². The summed E-state index contributed by atoms with van der Waals surface area (Å²) < 4.78 is 19.2. The molecule has 3 N–H and O–H groups in total. The Morgan fingerprint density at radius 1 is 1.20 bits per heavy atom. The molecule has 7 heteroatoms. The molecular weight excluding hydrogens is 387 g/mol. The van der Waals surface area contributed by atoms with Crippen molar-refractivity contribution in [2.45, 2.75) is 31.7 Å². The van der Waals surface area contributed by atoms with Crippen LogP contribution in [0, 0.1) is 5.82 Å². The number of carbonyl (C=O) groups is 1. The minimum absolute atomic E-state index is 0.0658. The number of benzene rings is 2. The first kappa shape index (κ1) is 20.1. The average Bonchev–Trinajstić information content (AvgIpc) is 2.74. The number of nitrogens with one attached hydrogen (secondary N) is 1. The van der Waals surface area contributed by atoms with Gasteiger partial charge in [0.2, 0.25) is 0 Å². The second kappa shape index (κ2) is 8.28. The molecule has 1 fully saturated rings. The number of aromatic hydroxyl groups is 1. The summed E-state index contributed by atoms with van der Waals surface area (Å²) in [5.41, 5.74) is 3.11. The lowest BCUT2D eigenvalue weighted by Crippen LogP contribution is -2.27. The standard InChI is InChI=1S/C23H23FN2O4/c1-13(23(28)29)25-22-21(15-8-10-30-11-9-15)20(14-2-4-16(24)5-3-14)18-7-6-17(27)12-19(18)26-22/h2-7,12-13,15,27H,8-11H2,1H3,(H,25,26)(H,28,29)/t13-/m1/s1. The number of aromatic nitrogens is 1. The molecule has 156 valence electrons. The van der Waals surface area contributed by atoms with E-state index < -0.39 is 12.0 Å².